The Kier molecular flexibility index (Phi) is 3.57. The van der Waals surface area contributed by atoms with Gasteiger partial charge in [0.1, 0.15) is 10.7 Å². The van der Waals surface area contributed by atoms with E-state index in [0.29, 0.717) is 0 Å². The molecule has 0 aliphatic carbocycles. The minimum absolute atomic E-state index is 0.0561. The zero-order valence-corrected chi connectivity index (χ0v) is 10.7. The molecular formula is C12H13N3O2S. The zero-order chi connectivity index (χ0) is 13.1. The second-order valence-electron chi connectivity index (χ2n) is 3.95. The van der Waals surface area contributed by atoms with Gasteiger partial charge in [0.25, 0.3) is 0 Å². The van der Waals surface area contributed by atoms with Crippen molar-refractivity contribution in [2.24, 2.45) is 0 Å². The highest BCUT2D eigenvalue weighted by molar-refractivity contribution is 7.71. The van der Waals surface area contributed by atoms with Crippen LogP contribution in [0.4, 0.5) is 5.95 Å². The van der Waals surface area contributed by atoms with E-state index >= 15 is 0 Å². The highest BCUT2D eigenvalue weighted by Crippen LogP contribution is 2.21. The average Bonchev–Trinajstić information content (AvgIpc) is 2.33. The van der Waals surface area contributed by atoms with E-state index in [9.17, 15) is 8.42 Å². The number of aromatic nitrogens is 2. The average molecular weight is 263 g/mol. The first kappa shape index (κ1) is 12.5. The van der Waals surface area contributed by atoms with Crippen LogP contribution >= 0.6 is 0 Å². The van der Waals surface area contributed by atoms with Crippen molar-refractivity contribution in [2.75, 3.05) is 5.73 Å². The fourth-order valence-corrected chi connectivity index (χ4v) is 2.17. The Morgan fingerprint density at radius 1 is 1.22 bits per heavy atom. The van der Waals surface area contributed by atoms with Crippen molar-refractivity contribution in [2.45, 2.75) is 12.7 Å². The number of nitrogen functional groups attached to an aromatic ring is 1. The van der Waals surface area contributed by atoms with E-state index in [1.54, 1.807) is 18.3 Å². The van der Waals surface area contributed by atoms with Gasteiger partial charge >= 0.3 is 0 Å². The first-order valence-corrected chi connectivity index (χ1v) is 6.73. The van der Waals surface area contributed by atoms with Crippen LogP contribution in [0.15, 0.2) is 30.5 Å². The molecule has 2 N–H and O–H groups in total. The summed E-state index contributed by atoms with van der Waals surface area (Å²) in [6.07, 6.45) is 1.67. The molecule has 0 aliphatic rings. The zero-order valence-electron chi connectivity index (χ0n) is 9.83. The maximum atomic E-state index is 10.6. The highest BCUT2D eigenvalue weighted by Gasteiger charge is 2.05. The molecule has 0 saturated carbocycles. The Hall–Kier alpha value is -1.95. The summed E-state index contributed by atoms with van der Waals surface area (Å²) in [6.45, 7) is 1.90. The SMILES string of the molecule is Cc1cnc(N)nc1-c1ccc(C[SH](=O)=O)cc1. The molecule has 0 amide bonds. The van der Waals surface area contributed by atoms with Crippen LogP contribution in [0, 0.1) is 6.92 Å². The normalized spacial score (nSPS) is 10.8. The number of rotatable bonds is 3. The first-order valence-electron chi connectivity index (χ1n) is 5.36. The second kappa shape index (κ2) is 5.14. The minimum atomic E-state index is -2.40. The van der Waals surface area contributed by atoms with E-state index < -0.39 is 10.7 Å². The van der Waals surface area contributed by atoms with Gasteiger partial charge in [-0.3, -0.25) is 0 Å². The predicted octanol–water partition coefficient (Wildman–Crippen LogP) is 1.15. The number of nitrogens with zero attached hydrogens (tertiary/aromatic N) is 2. The van der Waals surface area contributed by atoms with Gasteiger partial charge in [-0.05, 0) is 18.1 Å². The number of nitrogens with two attached hydrogens (primary N) is 1. The van der Waals surface area contributed by atoms with Gasteiger partial charge in [-0.15, -0.1) is 0 Å². The third kappa shape index (κ3) is 2.84. The molecule has 0 fully saturated rings. The topological polar surface area (TPSA) is 85.9 Å². The summed E-state index contributed by atoms with van der Waals surface area (Å²) in [7, 11) is -2.40. The van der Waals surface area contributed by atoms with Crippen LogP contribution in [0.3, 0.4) is 0 Å². The van der Waals surface area contributed by atoms with Crippen molar-refractivity contribution in [1.29, 1.82) is 0 Å². The molecule has 5 nitrogen and oxygen atoms in total. The van der Waals surface area contributed by atoms with Gasteiger partial charge in [0, 0.05) is 11.8 Å². The molecule has 6 heteroatoms. The summed E-state index contributed by atoms with van der Waals surface area (Å²) in [5.74, 6) is 0.280. The van der Waals surface area contributed by atoms with Crippen LogP contribution in [0.2, 0.25) is 0 Å². The fourth-order valence-electron chi connectivity index (χ4n) is 1.67. The van der Waals surface area contributed by atoms with Crippen LogP contribution in [0.25, 0.3) is 11.3 Å². The minimum Gasteiger partial charge on any atom is -0.368 e. The van der Waals surface area contributed by atoms with Gasteiger partial charge in [-0.1, -0.05) is 24.3 Å². The molecule has 2 aromatic rings. The van der Waals surface area contributed by atoms with Gasteiger partial charge in [0.15, 0.2) is 0 Å². The van der Waals surface area contributed by atoms with E-state index in [1.165, 1.54) is 0 Å². The van der Waals surface area contributed by atoms with Crippen molar-refractivity contribution in [3.05, 3.63) is 41.6 Å². The molecule has 2 rings (SSSR count). The van der Waals surface area contributed by atoms with E-state index in [0.717, 1.165) is 22.4 Å². The smallest absolute Gasteiger partial charge is 0.220 e. The summed E-state index contributed by atoms with van der Waals surface area (Å²) in [5.41, 5.74) is 8.90. The molecule has 1 heterocycles. The number of hydrogen-bond donors (Lipinski definition) is 2. The maximum Gasteiger partial charge on any atom is 0.220 e. The monoisotopic (exact) mass is 263 g/mol. The lowest BCUT2D eigenvalue weighted by Crippen LogP contribution is -1.98. The number of anilines is 1. The number of thiol groups is 1. The van der Waals surface area contributed by atoms with E-state index in [-0.39, 0.29) is 11.7 Å². The molecule has 0 atom stereocenters. The van der Waals surface area contributed by atoms with Gasteiger partial charge in [-0.25, -0.2) is 18.4 Å². The van der Waals surface area contributed by atoms with Crippen molar-refractivity contribution in [1.82, 2.24) is 9.97 Å². The summed E-state index contributed by atoms with van der Waals surface area (Å²) < 4.78 is 21.2. The quantitative estimate of drug-likeness (QED) is 0.811. The Morgan fingerprint density at radius 2 is 1.89 bits per heavy atom. The Morgan fingerprint density at radius 3 is 2.50 bits per heavy atom. The van der Waals surface area contributed by atoms with Crippen molar-refractivity contribution >= 4 is 16.7 Å². The van der Waals surface area contributed by atoms with Crippen LogP contribution in [-0.2, 0) is 16.5 Å². The first-order chi connectivity index (χ1) is 8.56. The van der Waals surface area contributed by atoms with Crippen molar-refractivity contribution in [3.8, 4) is 11.3 Å². The van der Waals surface area contributed by atoms with Crippen molar-refractivity contribution < 1.29 is 8.42 Å². The largest absolute Gasteiger partial charge is 0.368 e. The lowest BCUT2D eigenvalue weighted by Gasteiger charge is -2.06. The van der Waals surface area contributed by atoms with Gasteiger partial charge in [0.2, 0.25) is 5.95 Å². The van der Waals surface area contributed by atoms with Crippen LogP contribution in [0.5, 0.6) is 0 Å². The Labute approximate surface area is 107 Å². The molecular weight excluding hydrogens is 250 g/mol. The highest BCUT2D eigenvalue weighted by atomic mass is 32.2. The van der Waals surface area contributed by atoms with E-state index in [4.69, 9.17) is 5.73 Å². The number of benzene rings is 1. The third-order valence-electron chi connectivity index (χ3n) is 2.53. The van der Waals surface area contributed by atoms with Crippen LogP contribution in [-0.4, -0.2) is 18.4 Å². The third-order valence-corrected chi connectivity index (χ3v) is 3.15. The molecule has 1 aromatic heterocycles. The standard InChI is InChI=1S/C12H13N3O2S/c1-8-6-14-12(13)15-11(8)10-4-2-9(3-5-10)7-18(16)17/h2-6,18H,7H2,1H3,(H2,13,14,15). The Bertz CT molecular complexity index is 628. The van der Waals surface area contributed by atoms with Gasteiger partial charge < -0.3 is 5.73 Å². The van der Waals surface area contributed by atoms with Crippen LogP contribution < -0.4 is 5.73 Å². The number of aryl methyl sites for hydroxylation is 1. The molecule has 0 radical (unpaired) electrons. The Balaban J connectivity index is 2.37. The molecule has 94 valence electrons. The molecule has 0 aliphatic heterocycles. The van der Waals surface area contributed by atoms with Crippen molar-refractivity contribution in [3.63, 3.8) is 0 Å². The van der Waals surface area contributed by atoms with E-state index in [2.05, 4.69) is 9.97 Å². The molecule has 0 unspecified atom stereocenters. The fraction of sp³-hybridized carbons (Fsp3) is 0.167. The maximum absolute atomic E-state index is 10.6. The second-order valence-corrected chi connectivity index (χ2v) is 4.93. The number of hydrogen-bond acceptors (Lipinski definition) is 5. The van der Waals surface area contributed by atoms with Gasteiger partial charge in [-0.2, -0.15) is 0 Å². The lowest BCUT2D eigenvalue weighted by atomic mass is 10.1. The summed E-state index contributed by atoms with van der Waals surface area (Å²) in [5, 5.41) is 0. The molecule has 18 heavy (non-hydrogen) atoms. The summed E-state index contributed by atoms with van der Waals surface area (Å²) in [6, 6.07) is 7.22. The molecule has 0 bridgehead atoms. The van der Waals surface area contributed by atoms with E-state index in [1.807, 2.05) is 19.1 Å². The predicted molar refractivity (Wildman–Crippen MR) is 70.6 cm³/mol. The molecule has 0 saturated heterocycles. The molecule has 0 spiro atoms. The lowest BCUT2D eigenvalue weighted by molar-refractivity contribution is 0.614. The molecule has 1 aromatic carbocycles. The van der Waals surface area contributed by atoms with Gasteiger partial charge in [0.05, 0.1) is 11.4 Å². The summed E-state index contributed by atoms with van der Waals surface area (Å²) in [4.78, 5) is 8.09. The van der Waals surface area contributed by atoms with Crippen LogP contribution in [0.1, 0.15) is 11.1 Å². The summed E-state index contributed by atoms with van der Waals surface area (Å²) >= 11 is 0.